The van der Waals surface area contributed by atoms with Crippen LogP contribution in [0.5, 0.6) is 5.75 Å². The number of aromatic nitrogens is 1. The number of carbonyl (C=O) groups excluding carboxylic acids is 1. The molecule has 1 amide bonds. The molecule has 0 spiro atoms. The second kappa shape index (κ2) is 7.59. The first kappa shape index (κ1) is 18.8. The minimum absolute atomic E-state index is 0.228. The number of halogens is 1. The van der Waals surface area contributed by atoms with Gasteiger partial charge >= 0.3 is 5.91 Å². The topological polar surface area (TPSA) is 67.9 Å². The highest BCUT2D eigenvalue weighted by atomic mass is 35.5. The summed E-state index contributed by atoms with van der Waals surface area (Å²) in [7, 11) is 1.61. The Morgan fingerprint density at radius 1 is 1.27 bits per heavy atom. The van der Waals surface area contributed by atoms with Gasteiger partial charge in [0, 0.05) is 23.4 Å². The smallest absolute Gasteiger partial charge is 0.310 e. The Hall–Kier alpha value is -3.16. The molecule has 6 nitrogen and oxygen atoms in total. The molecule has 150 valence electrons. The summed E-state index contributed by atoms with van der Waals surface area (Å²) in [5.41, 5.74) is 2.30. The largest absolute Gasteiger partial charge is 0.497 e. The molecule has 0 saturated carbocycles. The molecule has 0 bridgehead atoms. The van der Waals surface area contributed by atoms with Gasteiger partial charge in [0.05, 0.1) is 35.5 Å². The van der Waals surface area contributed by atoms with Crippen molar-refractivity contribution in [2.75, 3.05) is 7.11 Å². The van der Waals surface area contributed by atoms with E-state index in [0.717, 1.165) is 27.1 Å². The van der Waals surface area contributed by atoms with E-state index in [4.69, 9.17) is 20.8 Å². The number of hydrogen-bond acceptors (Lipinski definition) is 6. The zero-order valence-electron chi connectivity index (χ0n) is 15.9. The SMILES string of the molecule is COc1ccc2cc(C3CC(c4cccs4)=NN3C(=O)c3ccco3)c(Cl)nc2c1. The summed E-state index contributed by atoms with van der Waals surface area (Å²) in [6.45, 7) is 0. The lowest BCUT2D eigenvalue weighted by Crippen LogP contribution is -2.27. The van der Waals surface area contributed by atoms with Gasteiger partial charge in [-0.05, 0) is 41.8 Å². The Labute approximate surface area is 181 Å². The number of methoxy groups -OCH3 is 1. The minimum Gasteiger partial charge on any atom is -0.497 e. The molecule has 1 unspecified atom stereocenters. The predicted molar refractivity (Wildman–Crippen MR) is 116 cm³/mol. The number of ether oxygens (including phenoxy) is 1. The van der Waals surface area contributed by atoms with Gasteiger partial charge in [-0.1, -0.05) is 17.7 Å². The minimum atomic E-state index is -0.383. The van der Waals surface area contributed by atoms with E-state index in [1.807, 2.05) is 41.8 Å². The molecule has 0 radical (unpaired) electrons. The third-order valence-electron chi connectivity index (χ3n) is 5.02. The number of rotatable bonds is 4. The van der Waals surface area contributed by atoms with Crippen molar-refractivity contribution in [1.82, 2.24) is 9.99 Å². The van der Waals surface area contributed by atoms with Crippen molar-refractivity contribution in [2.24, 2.45) is 5.10 Å². The summed E-state index contributed by atoms with van der Waals surface area (Å²) in [5.74, 6) is 0.617. The molecule has 4 heterocycles. The van der Waals surface area contributed by atoms with E-state index >= 15 is 0 Å². The van der Waals surface area contributed by atoms with Gasteiger partial charge in [-0.25, -0.2) is 9.99 Å². The van der Waals surface area contributed by atoms with Gasteiger partial charge < -0.3 is 9.15 Å². The summed E-state index contributed by atoms with van der Waals surface area (Å²) in [6.07, 6.45) is 2.01. The van der Waals surface area contributed by atoms with Gasteiger partial charge in [0.1, 0.15) is 10.9 Å². The molecular formula is C22H16ClN3O3S. The van der Waals surface area contributed by atoms with E-state index in [9.17, 15) is 4.79 Å². The van der Waals surface area contributed by atoms with Crippen LogP contribution in [0, 0.1) is 0 Å². The molecule has 5 rings (SSSR count). The Morgan fingerprint density at radius 3 is 2.90 bits per heavy atom. The first-order valence-electron chi connectivity index (χ1n) is 9.26. The van der Waals surface area contributed by atoms with Crippen molar-refractivity contribution in [1.29, 1.82) is 0 Å². The molecule has 0 N–H and O–H groups in total. The van der Waals surface area contributed by atoms with Gasteiger partial charge in [-0.3, -0.25) is 4.79 Å². The Balaban J connectivity index is 1.59. The summed E-state index contributed by atoms with van der Waals surface area (Å²) < 4.78 is 10.6. The summed E-state index contributed by atoms with van der Waals surface area (Å²) in [5, 5.41) is 9.32. The quantitative estimate of drug-likeness (QED) is 0.393. The van der Waals surface area contributed by atoms with Crippen LogP contribution in [0.4, 0.5) is 0 Å². The van der Waals surface area contributed by atoms with Crippen LogP contribution >= 0.6 is 22.9 Å². The van der Waals surface area contributed by atoms with Crippen LogP contribution in [0.1, 0.15) is 33.5 Å². The molecule has 1 aromatic carbocycles. The molecule has 1 aliphatic rings. The van der Waals surface area contributed by atoms with Gasteiger partial charge in [0.25, 0.3) is 0 Å². The zero-order chi connectivity index (χ0) is 20.7. The maximum Gasteiger partial charge on any atom is 0.310 e. The fourth-order valence-electron chi connectivity index (χ4n) is 3.55. The summed E-state index contributed by atoms with van der Waals surface area (Å²) in [4.78, 5) is 18.7. The van der Waals surface area contributed by atoms with E-state index in [1.165, 1.54) is 11.3 Å². The van der Waals surface area contributed by atoms with Gasteiger partial charge in [-0.15, -0.1) is 11.3 Å². The number of nitrogens with zero attached hydrogens (tertiary/aromatic N) is 3. The van der Waals surface area contributed by atoms with Gasteiger partial charge in [-0.2, -0.15) is 5.10 Å². The number of hydrazone groups is 1. The molecule has 4 aromatic rings. The van der Waals surface area contributed by atoms with E-state index in [-0.39, 0.29) is 17.7 Å². The van der Waals surface area contributed by atoms with Crippen molar-refractivity contribution in [3.05, 3.63) is 81.5 Å². The van der Waals surface area contributed by atoms with Crippen LogP contribution in [0.3, 0.4) is 0 Å². The summed E-state index contributed by atoms with van der Waals surface area (Å²) in [6, 6.07) is 14.5. The lowest BCUT2D eigenvalue weighted by atomic mass is 10.0. The second-order valence-corrected chi connectivity index (χ2v) is 8.10. The number of hydrogen-bond donors (Lipinski definition) is 0. The highest BCUT2D eigenvalue weighted by Gasteiger charge is 2.36. The highest BCUT2D eigenvalue weighted by Crippen LogP contribution is 2.39. The molecule has 8 heteroatoms. The lowest BCUT2D eigenvalue weighted by molar-refractivity contribution is 0.0678. The third kappa shape index (κ3) is 3.26. The average molecular weight is 438 g/mol. The number of carbonyl (C=O) groups is 1. The number of fused-ring (bicyclic) bond motifs is 1. The van der Waals surface area contributed by atoms with Crippen LogP contribution < -0.4 is 4.74 Å². The summed E-state index contributed by atoms with van der Waals surface area (Å²) >= 11 is 8.17. The van der Waals surface area contributed by atoms with E-state index in [2.05, 4.69) is 10.1 Å². The number of pyridine rings is 1. The third-order valence-corrected chi connectivity index (χ3v) is 6.24. The zero-order valence-corrected chi connectivity index (χ0v) is 17.5. The molecule has 1 atom stereocenters. The Kier molecular flexibility index (Phi) is 4.77. The normalized spacial score (nSPS) is 16.1. The molecular weight excluding hydrogens is 422 g/mol. The number of furan rings is 1. The van der Waals surface area contributed by atoms with E-state index in [0.29, 0.717) is 17.3 Å². The molecule has 0 saturated heterocycles. The highest BCUT2D eigenvalue weighted by molar-refractivity contribution is 7.12. The standard InChI is InChI=1S/C22H16ClN3O3S/c1-28-14-7-6-13-10-15(21(23)24-16(13)11-14)18-12-17(20-5-3-9-30-20)25-26(18)22(27)19-4-2-8-29-19/h2-11,18H,12H2,1H3. The van der Waals surface area contributed by atoms with Crippen LogP contribution in [-0.2, 0) is 0 Å². The Morgan fingerprint density at radius 2 is 2.17 bits per heavy atom. The first-order chi connectivity index (χ1) is 14.6. The van der Waals surface area contributed by atoms with Gasteiger partial charge in [0.15, 0.2) is 5.76 Å². The van der Waals surface area contributed by atoms with Crippen molar-refractivity contribution < 1.29 is 13.9 Å². The molecule has 0 aliphatic carbocycles. The van der Waals surface area contributed by atoms with E-state index in [1.54, 1.807) is 30.6 Å². The lowest BCUT2D eigenvalue weighted by Gasteiger charge is -2.22. The monoisotopic (exact) mass is 437 g/mol. The maximum atomic E-state index is 13.1. The number of benzene rings is 1. The maximum absolute atomic E-state index is 13.1. The Bertz CT molecular complexity index is 1250. The fourth-order valence-corrected chi connectivity index (χ4v) is 4.54. The number of amides is 1. The average Bonchev–Trinajstić information content (AvgIpc) is 3.53. The molecule has 0 fully saturated rings. The van der Waals surface area contributed by atoms with Crippen molar-refractivity contribution in [3.8, 4) is 5.75 Å². The van der Waals surface area contributed by atoms with Crippen LogP contribution in [-0.4, -0.2) is 28.7 Å². The second-order valence-electron chi connectivity index (χ2n) is 6.80. The number of thiophene rings is 1. The fraction of sp³-hybridized carbons (Fsp3) is 0.136. The van der Waals surface area contributed by atoms with Gasteiger partial charge in [0.2, 0.25) is 0 Å². The van der Waals surface area contributed by atoms with Crippen LogP contribution in [0.2, 0.25) is 5.15 Å². The molecule has 3 aromatic heterocycles. The first-order valence-corrected chi connectivity index (χ1v) is 10.5. The predicted octanol–water partition coefficient (Wildman–Crippen LogP) is 5.54. The molecule has 30 heavy (non-hydrogen) atoms. The van der Waals surface area contributed by atoms with Crippen molar-refractivity contribution in [3.63, 3.8) is 0 Å². The van der Waals surface area contributed by atoms with Crippen LogP contribution in [0.25, 0.3) is 10.9 Å². The molecule has 1 aliphatic heterocycles. The van der Waals surface area contributed by atoms with Crippen molar-refractivity contribution >= 4 is 45.5 Å². The van der Waals surface area contributed by atoms with Crippen LogP contribution in [0.15, 0.2) is 69.7 Å². The van der Waals surface area contributed by atoms with E-state index < -0.39 is 0 Å². The van der Waals surface area contributed by atoms with Crippen molar-refractivity contribution in [2.45, 2.75) is 12.5 Å².